The molecule has 1 unspecified atom stereocenters. The SMILES string of the molecule is COc1cccc(C2C3=C(CCCC3=O)Nc3nc(-c4ccccc4)nn32)c1. The lowest BCUT2D eigenvalue weighted by Crippen LogP contribution is -2.31. The van der Waals surface area contributed by atoms with Crippen LogP contribution in [0, 0.1) is 0 Å². The number of aromatic nitrogens is 3. The van der Waals surface area contributed by atoms with E-state index in [1.807, 2.05) is 59.3 Å². The molecule has 1 N–H and O–H groups in total. The van der Waals surface area contributed by atoms with E-state index in [-0.39, 0.29) is 11.8 Å². The third-order valence-corrected chi connectivity index (χ3v) is 5.31. The number of fused-ring (bicyclic) bond motifs is 1. The zero-order valence-electron chi connectivity index (χ0n) is 15.6. The highest BCUT2D eigenvalue weighted by atomic mass is 16.5. The number of carbonyl (C=O) groups excluding carboxylic acids is 1. The summed E-state index contributed by atoms with van der Waals surface area (Å²) in [5, 5.41) is 8.14. The van der Waals surface area contributed by atoms with Gasteiger partial charge < -0.3 is 10.1 Å². The predicted octanol–water partition coefficient (Wildman–Crippen LogP) is 3.98. The van der Waals surface area contributed by atoms with Crippen molar-refractivity contribution >= 4 is 11.7 Å². The van der Waals surface area contributed by atoms with Gasteiger partial charge in [-0.1, -0.05) is 42.5 Å². The molecule has 0 spiro atoms. The number of rotatable bonds is 3. The zero-order chi connectivity index (χ0) is 19.1. The summed E-state index contributed by atoms with van der Waals surface area (Å²) < 4.78 is 7.24. The number of hydrogen-bond acceptors (Lipinski definition) is 5. The van der Waals surface area contributed by atoms with Gasteiger partial charge in [-0.2, -0.15) is 4.98 Å². The van der Waals surface area contributed by atoms with Crippen molar-refractivity contribution in [2.45, 2.75) is 25.3 Å². The van der Waals surface area contributed by atoms with Gasteiger partial charge in [0.25, 0.3) is 0 Å². The molecule has 0 radical (unpaired) electrons. The van der Waals surface area contributed by atoms with Gasteiger partial charge >= 0.3 is 0 Å². The van der Waals surface area contributed by atoms with Gasteiger partial charge in [0.1, 0.15) is 11.8 Å². The molecule has 1 atom stereocenters. The van der Waals surface area contributed by atoms with Gasteiger partial charge in [-0.25, -0.2) is 4.68 Å². The van der Waals surface area contributed by atoms with Crippen LogP contribution in [0.5, 0.6) is 5.75 Å². The number of methoxy groups -OCH3 is 1. The van der Waals surface area contributed by atoms with E-state index in [0.717, 1.165) is 41.0 Å². The molecule has 28 heavy (non-hydrogen) atoms. The summed E-state index contributed by atoms with van der Waals surface area (Å²) in [4.78, 5) is 17.6. The molecule has 0 fully saturated rings. The molecule has 0 amide bonds. The largest absolute Gasteiger partial charge is 0.497 e. The molecule has 2 aromatic carbocycles. The molecule has 2 heterocycles. The third-order valence-electron chi connectivity index (χ3n) is 5.31. The van der Waals surface area contributed by atoms with E-state index in [9.17, 15) is 4.79 Å². The molecule has 3 aromatic rings. The Hall–Kier alpha value is -3.41. The predicted molar refractivity (Wildman–Crippen MR) is 106 cm³/mol. The molecular formula is C22H20N4O2. The highest BCUT2D eigenvalue weighted by Gasteiger charge is 2.37. The van der Waals surface area contributed by atoms with Crippen LogP contribution in [0.2, 0.25) is 0 Å². The molecule has 0 saturated heterocycles. The summed E-state index contributed by atoms with van der Waals surface area (Å²) in [6, 6.07) is 17.4. The number of Topliss-reactive ketones (excluding diaryl/α,β-unsaturated/α-hetero) is 1. The van der Waals surface area contributed by atoms with Crippen molar-refractivity contribution in [2.24, 2.45) is 0 Å². The molecular weight excluding hydrogens is 352 g/mol. The first kappa shape index (κ1) is 16.7. The average Bonchev–Trinajstić information content (AvgIpc) is 3.17. The van der Waals surface area contributed by atoms with Gasteiger partial charge in [-0.15, -0.1) is 5.10 Å². The molecule has 0 bridgehead atoms. The Bertz CT molecular complexity index is 1080. The van der Waals surface area contributed by atoms with Gasteiger partial charge in [-0.05, 0) is 30.5 Å². The Morgan fingerprint density at radius 3 is 2.79 bits per heavy atom. The Balaban J connectivity index is 1.69. The molecule has 6 heteroatoms. The Kier molecular flexibility index (Phi) is 3.97. The maximum absolute atomic E-state index is 12.9. The molecule has 5 rings (SSSR count). The number of ketones is 1. The van der Waals surface area contributed by atoms with Gasteiger partial charge in [0, 0.05) is 23.3 Å². The summed E-state index contributed by atoms with van der Waals surface area (Å²) in [6.45, 7) is 0. The standard InChI is InChI=1S/C22H20N4O2/c1-28-16-10-5-9-15(13-16)20-19-17(11-6-12-18(19)27)23-22-24-21(25-26(20)22)14-7-3-2-4-8-14/h2-5,7-10,13,20H,6,11-12H2,1H3,(H,23,24,25). The van der Waals surface area contributed by atoms with Gasteiger partial charge in [0.05, 0.1) is 7.11 Å². The Labute approximate surface area is 162 Å². The quantitative estimate of drug-likeness (QED) is 0.753. The minimum Gasteiger partial charge on any atom is -0.497 e. The maximum atomic E-state index is 12.9. The molecule has 1 aliphatic heterocycles. The second kappa shape index (κ2) is 6.64. The fourth-order valence-electron chi connectivity index (χ4n) is 3.99. The number of benzene rings is 2. The van der Waals surface area contributed by atoms with Crippen molar-refractivity contribution < 1.29 is 9.53 Å². The molecule has 0 saturated carbocycles. The Morgan fingerprint density at radius 1 is 1.11 bits per heavy atom. The lowest BCUT2D eigenvalue weighted by Gasteiger charge is -2.32. The maximum Gasteiger partial charge on any atom is 0.226 e. The number of hydrogen-bond donors (Lipinski definition) is 1. The van der Waals surface area contributed by atoms with Crippen molar-refractivity contribution in [1.82, 2.24) is 14.8 Å². The minimum absolute atomic E-state index is 0.170. The number of nitrogens with zero attached hydrogens (tertiary/aromatic N) is 3. The second-order valence-corrected chi connectivity index (χ2v) is 7.04. The third kappa shape index (κ3) is 2.69. The topological polar surface area (TPSA) is 69.0 Å². The van der Waals surface area contributed by atoms with Crippen LogP contribution < -0.4 is 10.1 Å². The monoisotopic (exact) mass is 372 g/mol. The number of nitrogens with one attached hydrogen (secondary N) is 1. The van der Waals surface area contributed by atoms with Crippen LogP contribution in [0.3, 0.4) is 0 Å². The number of anilines is 1. The van der Waals surface area contributed by atoms with Crippen LogP contribution >= 0.6 is 0 Å². The van der Waals surface area contributed by atoms with Crippen LogP contribution in [0.25, 0.3) is 11.4 Å². The summed E-state index contributed by atoms with van der Waals surface area (Å²) in [5.74, 6) is 2.23. The average molecular weight is 372 g/mol. The second-order valence-electron chi connectivity index (χ2n) is 7.04. The normalized spacial score (nSPS) is 18.3. The van der Waals surface area contributed by atoms with Crippen LogP contribution in [0.15, 0.2) is 65.9 Å². The van der Waals surface area contributed by atoms with Crippen molar-refractivity contribution in [3.05, 3.63) is 71.4 Å². The van der Waals surface area contributed by atoms with E-state index < -0.39 is 0 Å². The van der Waals surface area contributed by atoms with Gasteiger partial charge in [0.15, 0.2) is 11.6 Å². The number of allylic oxidation sites excluding steroid dienone is 2. The summed E-state index contributed by atoms with van der Waals surface area (Å²) in [5.41, 5.74) is 3.66. The molecule has 140 valence electrons. The zero-order valence-corrected chi connectivity index (χ0v) is 15.6. The van der Waals surface area contributed by atoms with Gasteiger partial charge in [0.2, 0.25) is 5.95 Å². The van der Waals surface area contributed by atoms with Gasteiger partial charge in [-0.3, -0.25) is 4.79 Å². The van der Waals surface area contributed by atoms with E-state index in [4.69, 9.17) is 14.8 Å². The summed E-state index contributed by atoms with van der Waals surface area (Å²) in [7, 11) is 1.65. The fraction of sp³-hybridized carbons (Fsp3) is 0.227. The van der Waals surface area contributed by atoms with E-state index in [2.05, 4.69) is 5.32 Å². The fourth-order valence-corrected chi connectivity index (χ4v) is 3.99. The number of carbonyl (C=O) groups is 1. The summed E-state index contributed by atoms with van der Waals surface area (Å²) >= 11 is 0. The van der Waals surface area contributed by atoms with Crippen molar-refractivity contribution in [2.75, 3.05) is 12.4 Å². The Morgan fingerprint density at radius 2 is 1.96 bits per heavy atom. The minimum atomic E-state index is -0.306. The van der Waals surface area contributed by atoms with E-state index in [1.54, 1.807) is 7.11 Å². The van der Waals surface area contributed by atoms with Crippen molar-refractivity contribution in [3.8, 4) is 17.1 Å². The molecule has 2 aliphatic rings. The van der Waals surface area contributed by atoms with E-state index >= 15 is 0 Å². The van der Waals surface area contributed by atoms with Crippen LogP contribution in [0.4, 0.5) is 5.95 Å². The highest BCUT2D eigenvalue weighted by Crippen LogP contribution is 2.41. The van der Waals surface area contributed by atoms with Crippen molar-refractivity contribution in [3.63, 3.8) is 0 Å². The van der Waals surface area contributed by atoms with E-state index in [0.29, 0.717) is 18.2 Å². The first-order valence-corrected chi connectivity index (χ1v) is 9.44. The number of ether oxygens (including phenoxy) is 1. The lowest BCUT2D eigenvalue weighted by molar-refractivity contribution is -0.116. The molecule has 1 aromatic heterocycles. The van der Waals surface area contributed by atoms with Crippen LogP contribution in [-0.4, -0.2) is 27.7 Å². The molecule has 6 nitrogen and oxygen atoms in total. The van der Waals surface area contributed by atoms with Crippen molar-refractivity contribution in [1.29, 1.82) is 0 Å². The van der Waals surface area contributed by atoms with E-state index in [1.165, 1.54) is 0 Å². The smallest absolute Gasteiger partial charge is 0.226 e. The first-order valence-electron chi connectivity index (χ1n) is 9.44. The van der Waals surface area contributed by atoms with Crippen LogP contribution in [-0.2, 0) is 4.79 Å². The molecule has 1 aliphatic carbocycles. The lowest BCUT2D eigenvalue weighted by atomic mass is 9.85. The van der Waals surface area contributed by atoms with Crippen LogP contribution in [0.1, 0.15) is 30.9 Å². The summed E-state index contributed by atoms with van der Waals surface area (Å²) in [6.07, 6.45) is 2.26. The highest BCUT2D eigenvalue weighted by molar-refractivity contribution is 5.99. The first-order chi connectivity index (χ1) is 13.7.